The van der Waals surface area contributed by atoms with E-state index < -0.39 is 69.9 Å². The van der Waals surface area contributed by atoms with Crippen molar-refractivity contribution in [2.75, 3.05) is 0 Å². The lowest BCUT2D eigenvalue weighted by molar-refractivity contribution is -0.224. The zero-order chi connectivity index (χ0) is 26.2. The fourth-order valence-corrected chi connectivity index (χ4v) is 4.60. The van der Waals surface area contributed by atoms with E-state index in [1.54, 1.807) is 0 Å². The molecule has 1 fully saturated rings. The Morgan fingerprint density at radius 2 is 1.33 bits per heavy atom. The minimum Gasteiger partial charge on any atom is -0.429 e. The van der Waals surface area contributed by atoms with Crippen LogP contribution < -0.4 is 0 Å². The van der Waals surface area contributed by atoms with Gasteiger partial charge in [0.1, 0.15) is 46.2 Å². The van der Waals surface area contributed by atoms with Crippen molar-refractivity contribution < 1.29 is 39.9 Å². The fraction of sp³-hybridized carbons (Fsp3) is 0.333. The molecular weight excluding hydrogens is 492 g/mol. The summed E-state index contributed by atoms with van der Waals surface area (Å²) >= 11 is 0. The molecule has 0 saturated heterocycles. The van der Waals surface area contributed by atoms with Crippen LogP contribution in [0.25, 0.3) is 11.1 Å². The van der Waals surface area contributed by atoms with Gasteiger partial charge in [-0.05, 0) is 72.2 Å². The topological polar surface area (TPSA) is 9.23 Å². The third kappa shape index (κ3) is 5.50. The summed E-state index contributed by atoms with van der Waals surface area (Å²) in [6.07, 6.45) is -0.296. The molecule has 0 radical (unpaired) electrons. The number of rotatable bonds is 5. The average molecular weight is 514 g/mol. The predicted octanol–water partition coefficient (Wildman–Crippen LogP) is 9.26. The van der Waals surface area contributed by atoms with Crippen molar-refractivity contribution in [3.05, 3.63) is 94.3 Å². The van der Waals surface area contributed by atoms with Gasteiger partial charge in [0.15, 0.2) is 0 Å². The third-order valence-corrected chi connectivity index (χ3v) is 6.48. The van der Waals surface area contributed by atoms with Crippen LogP contribution in [-0.4, -0.2) is 0 Å². The Balaban J connectivity index is 1.65. The molecule has 0 unspecified atom stereocenters. The lowest BCUT2D eigenvalue weighted by atomic mass is 9.79. The van der Waals surface area contributed by atoms with E-state index in [0.717, 1.165) is 37.8 Å². The van der Waals surface area contributed by atoms with E-state index >= 15 is 0 Å². The lowest BCUT2D eigenvalue weighted by Gasteiger charge is -2.26. The number of ether oxygens (including phenoxy) is 1. The van der Waals surface area contributed by atoms with Gasteiger partial charge < -0.3 is 4.74 Å². The smallest absolute Gasteiger partial charge is 0.429 e. The molecule has 9 heteroatoms. The van der Waals surface area contributed by atoms with E-state index in [1.165, 1.54) is 0 Å². The molecule has 4 rings (SSSR count). The van der Waals surface area contributed by atoms with Gasteiger partial charge in [-0.1, -0.05) is 19.8 Å². The molecule has 0 aliphatic heterocycles. The van der Waals surface area contributed by atoms with Gasteiger partial charge in [0.2, 0.25) is 0 Å². The molecule has 0 atom stereocenters. The first-order valence-corrected chi connectivity index (χ1v) is 11.4. The molecule has 36 heavy (non-hydrogen) atoms. The van der Waals surface area contributed by atoms with Crippen molar-refractivity contribution in [2.45, 2.75) is 51.1 Å². The summed E-state index contributed by atoms with van der Waals surface area (Å²) < 4.78 is 120. The minimum atomic E-state index is -4.65. The van der Waals surface area contributed by atoms with Gasteiger partial charge in [0, 0.05) is 6.08 Å². The average Bonchev–Trinajstić information content (AvgIpc) is 2.92. The van der Waals surface area contributed by atoms with E-state index in [9.17, 15) is 35.1 Å². The summed E-state index contributed by atoms with van der Waals surface area (Å²) in [6.45, 7) is 2.10. The molecule has 2 aromatic carbocycles. The first-order chi connectivity index (χ1) is 16.9. The van der Waals surface area contributed by atoms with Gasteiger partial charge in [0.05, 0.1) is 12.0 Å². The monoisotopic (exact) mass is 514 g/mol. The Labute approximate surface area is 202 Å². The number of halogens is 8. The molecule has 2 aliphatic rings. The van der Waals surface area contributed by atoms with E-state index in [1.807, 2.05) is 0 Å². The van der Waals surface area contributed by atoms with Crippen LogP contribution >= 0.6 is 0 Å². The molecule has 0 N–H and O–H groups in total. The molecule has 0 spiro atoms. The maximum absolute atomic E-state index is 14.9. The fourth-order valence-electron chi connectivity index (χ4n) is 4.60. The SMILES string of the molecule is CC1CCC(c2cc(F)c(-c3cc(F)c(C(F)(F)OC4=CC=C(F)CC(F)=C4)c(F)c3)c(F)c2)CC1. The van der Waals surface area contributed by atoms with Crippen molar-refractivity contribution in [1.82, 2.24) is 0 Å². The van der Waals surface area contributed by atoms with Gasteiger partial charge in [0.25, 0.3) is 0 Å². The lowest BCUT2D eigenvalue weighted by Crippen LogP contribution is -2.21. The van der Waals surface area contributed by atoms with Crippen LogP contribution in [0.4, 0.5) is 35.1 Å². The van der Waals surface area contributed by atoms with Crippen LogP contribution in [0.2, 0.25) is 0 Å². The van der Waals surface area contributed by atoms with Crippen LogP contribution in [0.5, 0.6) is 0 Å². The van der Waals surface area contributed by atoms with Gasteiger partial charge >= 0.3 is 6.11 Å². The number of hydrogen-bond acceptors (Lipinski definition) is 1. The van der Waals surface area contributed by atoms with Crippen molar-refractivity contribution in [2.24, 2.45) is 5.92 Å². The van der Waals surface area contributed by atoms with E-state index in [0.29, 0.717) is 41.8 Å². The molecule has 0 amide bonds. The highest BCUT2D eigenvalue weighted by molar-refractivity contribution is 5.66. The maximum Gasteiger partial charge on any atom is 0.432 e. The number of alkyl halides is 2. The van der Waals surface area contributed by atoms with E-state index in [4.69, 9.17) is 0 Å². The molecule has 2 aromatic rings. The number of hydrogen-bond donors (Lipinski definition) is 0. The number of benzene rings is 2. The summed E-state index contributed by atoms with van der Waals surface area (Å²) in [7, 11) is 0. The zero-order valence-corrected chi connectivity index (χ0v) is 19.2. The second kappa shape index (κ2) is 10.1. The predicted molar refractivity (Wildman–Crippen MR) is 118 cm³/mol. The molecule has 0 aromatic heterocycles. The van der Waals surface area contributed by atoms with Crippen LogP contribution in [0.1, 0.15) is 56.1 Å². The molecule has 192 valence electrons. The maximum atomic E-state index is 14.9. The Bertz CT molecular complexity index is 1210. The highest BCUT2D eigenvalue weighted by Gasteiger charge is 2.42. The van der Waals surface area contributed by atoms with E-state index in [2.05, 4.69) is 11.7 Å². The number of allylic oxidation sites excluding steroid dienone is 5. The highest BCUT2D eigenvalue weighted by atomic mass is 19.3. The zero-order valence-electron chi connectivity index (χ0n) is 19.2. The third-order valence-electron chi connectivity index (χ3n) is 6.48. The van der Waals surface area contributed by atoms with Crippen LogP contribution in [-0.2, 0) is 10.8 Å². The highest BCUT2D eigenvalue weighted by Crippen LogP contribution is 2.41. The van der Waals surface area contributed by atoms with Gasteiger partial charge in [-0.25, -0.2) is 26.3 Å². The van der Waals surface area contributed by atoms with Crippen molar-refractivity contribution >= 4 is 0 Å². The van der Waals surface area contributed by atoms with E-state index in [-0.39, 0.29) is 5.92 Å². The summed E-state index contributed by atoms with van der Waals surface area (Å²) in [5.74, 6) is -8.33. The molecule has 1 saturated carbocycles. The Kier molecular flexibility index (Phi) is 7.29. The molecule has 1 nitrogen and oxygen atoms in total. The van der Waals surface area contributed by atoms with Crippen LogP contribution in [0.3, 0.4) is 0 Å². The Hall–Kier alpha value is -3.10. The normalized spacial score (nSPS) is 20.9. The summed E-state index contributed by atoms with van der Waals surface area (Å²) in [4.78, 5) is 0. The molecule has 0 bridgehead atoms. The quantitative estimate of drug-likeness (QED) is 0.362. The van der Waals surface area contributed by atoms with Gasteiger partial charge in [-0.15, -0.1) is 0 Å². The van der Waals surface area contributed by atoms with Crippen molar-refractivity contribution in [1.29, 1.82) is 0 Å². The summed E-state index contributed by atoms with van der Waals surface area (Å²) in [5, 5.41) is 0. The second-order valence-corrected chi connectivity index (χ2v) is 9.20. The molecule has 2 aliphatic carbocycles. The van der Waals surface area contributed by atoms with Gasteiger partial charge in [-0.3, -0.25) is 0 Å². The van der Waals surface area contributed by atoms with Crippen molar-refractivity contribution in [3.63, 3.8) is 0 Å². The van der Waals surface area contributed by atoms with Gasteiger partial charge in [-0.2, -0.15) is 8.78 Å². The minimum absolute atomic E-state index is 0.0496. The summed E-state index contributed by atoms with van der Waals surface area (Å²) in [5.41, 5.74) is -2.79. The first-order valence-electron chi connectivity index (χ1n) is 11.4. The van der Waals surface area contributed by atoms with Crippen LogP contribution in [0, 0.1) is 29.2 Å². The van der Waals surface area contributed by atoms with Crippen molar-refractivity contribution in [3.8, 4) is 11.1 Å². The standard InChI is InChI=1S/C27H22F8O/c1-14-2-4-15(5-3-14)16-8-21(30)25(22(31)9-16)17-10-23(32)26(24(33)11-17)27(34,35)36-20-7-6-18(28)12-19(29)13-20/h6-11,13-15H,2-5,12H2,1H3. The largest absolute Gasteiger partial charge is 0.432 e. The second-order valence-electron chi connectivity index (χ2n) is 9.20. The Morgan fingerprint density at radius 3 is 1.92 bits per heavy atom. The Morgan fingerprint density at radius 1 is 0.750 bits per heavy atom. The summed E-state index contributed by atoms with van der Waals surface area (Å²) in [6, 6.07) is 2.95. The first kappa shape index (κ1) is 26.0. The molecular formula is C27H22F8O. The van der Waals surface area contributed by atoms with Crippen LogP contribution in [0.15, 0.2) is 59.9 Å². The molecule has 0 heterocycles.